The fraction of sp³-hybridized carbons (Fsp3) is 0.333. The Morgan fingerprint density at radius 1 is 0.933 bits per heavy atom. The summed E-state index contributed by atoms with van der Waals surface area (Å²) in [7, 11) is 0. The first-order chi connectivity index (χ1) is 14.8. The molecule has 2 N–H and O–H groups in total. The van der Waals surface area contributed by atoms with Gasteiger partial charge >= 0.3 is 0 Å². The number of piperidine rings is 1. The van der Waals surface area contributed by atoms with Crippen LogP contribution in [-0.4, -0.2) is 29.4 Å². The van der Waals surface area contributed by atoms with Gasteiger partial charge in [0.05, 0.1) is 6.04 Å². The maximum absolute atomic E-state index is 9.89. The molecule has 3 heterocycles. The topological polar surface area (TPSA) is 74.9 Å². The van der Waals surface area contributed by atoms with E-state index >= 15 is 0 Å². The van der Waals surface area contributed by atoms with Gasteiger partial charge in [0.15, 0.2) is 0 Å². The van der Waals surface area contributed by atoms with Crippen molar-refractivity contribution in [1.82, 2.24) is 15.1 Å². The minimum atomic E-state index is 0.352. The number of nitrogens with one attached hydrogen (secondary N) is 2. The van der Waals surface area contributed by atoms with Gasteiger partial charge in [-0.3, -0.25) is 0 Å². The minimum Gasteiger partial charge on any atom is -0.457 e. The highest BCUT2D eigenvalue weighted by Crippen LogP contribution is 2.39. The minimum absolute atomic E-state index is 0.352. The van der Waals surface area contributed by atoms with Gasteiger partial charge in [-0.1, -0.05) is 18.2 Å². The molecule has 2 aliphatic heterocycles. The molecule has 0 radical (unpaired) electrons. The molecular formula is C24H25N5O. The zero-order chi connectivity index (χ0) is 20.3. The zero-order valence-electron chi connectivity index (χ0n) is 16.8. The number of para-hydroxylation sites is 1. The van der Waals surface area contributed by atoms with Gasteiger partial charge in [-0.25, -0.2) is 4.68 Å². The lowest BCUT2D eigenvalue weighted by Gasteiger charge is -2.34. The van der Waals surface area contributed by atoms with E-state index in [1.54, 1.807) is 0 Å². The second-order valence-electron chi connectivity index (χ2n) is 7.94. The monoisotopic (exact) mass is 399 g/mol. The Hall–Kier alpha value is -3.30. The summed E-state index contributed by atoms with van der Waals surface area (Å²) in [6.07, 6.45) is 3.37. The molecule has 1 saturated heterocycles. The van der Waals surface area contributed by atoms with Crippen molar-refractivity contribution in [2.24, 2.45) is 5.92 Å². The molecule has 3 aromatic rings. The number of nitrogens with zero attached hydrogens (tertiary/aromatic N) is 3. The van der Waals surface area contributed by atoms with Gasteiger partial charge < -0.3 is 15.4 Å². The number of ether oxygens (including phenoxy) is 1. The van der Waals surface area contributed by atoms with Crippen LogP contribution in [0, 0.1) is 17.2 Å². The van der Waals surface area contributed by atoms with Gasteiger partial charge in [0.1, 0.15) is 34.6 Å². The third-order valence-electron chi connectivity index (χ3n) is 6.10. The van der Waals surface area contributed by atoms with Gasteiger partial charge in [-0.2, -0.15) is 10.4 Å². The van der Waals surface area contributed by atoms with Crippen molar-refractivity contribution in [1.29, 1.82) is 5.26 Å². The van der Waals surface area contributed by atoms with E-state index in [4.69, 9.17) is 9.84 Å². The molecule has 2 aliphatic rings. The summed E-state index contributed by atoms with van der Waals surface area (Å²) < 4.78 is 7.98. The van der Waals surface area contributed by atoms with Gasteiger partial charge in [-0.15, -0.1) is 0 Å². The standard InChI is InChI=1S/C24H25N5O/c25-16-21-23(18-6-8-20(9-7-18)30-19-4-2-1-3-5-19)28-29-22(12-15-27-24(21)29)17-10-13-26-14-11-17/h1-9,17,22,26-27H,10-15H2/t22-/m1/s1. The predicted octanol–water partition coefficient (Wildman–Crippen LogP) is 4.57. The Morgan fingerprint density at radius 2 is 1.67 bits per heavy atom. The molecule has 0 unspecified atom stereocenters. The fourth-order valence-corrected chi connectivity index (χ4v) is 4.58. The lowest BCUT2D eigenvalue weighted by Crippen LogP contribution is -2.36. The second kappa shape index (κ2) is 8.21. The summed E-state index contributed by atoms with van der Waals surface area (Å²) in [6, 6.07) is 20.3. The van der Waals surface area contributed by atoms with Crippen molar-refractivity contribution in [3.8, 4) is 28.8 Å². The quantitative estimate of drug-likeness (QED) is 0.672. The van der Waals surface area contributed by atoms with Crippen molar-refractivity contribution >= 4 is 5.82 Å². The second-order valence-corrected chi connectivity index (χ2v) is 7.94. The molecule has 1 fully saturated rings. The van der Waals surface area contributed by atoms with Crippen LogP contribution in [0.3, 0.4) is 0 Å². The van der Waals surface area contributed by atoms with Crippen LogP contribution in [0.4, 0.5) is 5.82 Å². The van der Waals surface area contributed by atoms with Crippen molar-refractivity contribution in [2.75, 3.05) is 25.0 Å². The molecule has 6 nitrogen and oxygen atoms in total. The van der Waals surface area contributed by atoms with Crippen LogP contribution in [0.15, 0.2) is 54.6 Å². The number of aromatic nitrogens is 2. The summed E-state index contributed by atoms with van der Waals surface area (Å²) in [5.41, 5.74) is 2.30. The maximum atomic E-state index is 9.89. The summed E-state index contributed by atoms with van der Waals surface area (Å²) in [4.78, 5) is 0. The van der Waals surface area contributed by atoms with Crippen LogP contribution in [0.25, 0.3) is 11.3 Å². The molecule has 5 rings (SSSR count). The van der Waals surface area contributed by atoms with E-state index in [1.807, 2.05) is 54.6 Å². The number of fused-ring (bicyclic) bond motifs is 1. The Morgan fingerprint density at radius 3 is 2.40 bits per heavy atom. The Kier molecular flexibility index (Phi) is 5.12. The highest BCUT2D eigenvalue weighted by atomic mass is 16.5. The number of hydrogen-bond acceptors (Lipinski definition) is 5. The van der Waals surface area contributed by atoms with Gasteiger partial charge in [0.25, 0.3) is 0 Å². The molecule has 1 atom stereocenters. The summed E-state index contributed by atoms with van der Waals surface area (Å²) in [5.74, 6) is 3.03. The summed E-state index contributed by atoms with van der Waals surface area (Å²) in [5, 5.41) is 21.7. The number of rotatable bonds is 4. The van der Waals surface area contributed by atoms with Crippen LogP contribution in [-0.2, 0) is 0 Å². The van der Waals surface area contributed by atoms with Crippen molar-refractivity contribution in [3.63, 3.8) is 0 Å². The van der Waals surface area contributed by atoms with E-state index in [0.29, 0.717) is 17.5 Å². The van der Waals surface area contributed by atoms with Crippen LogP contribution in [0.1, 0.15) is 30.9 Å². The average molecular weight is 399 g/mol. The van der Waals surface area contributed by atoms with Crippen LogP contribution in [0.5, 0.6) is 11.5 Å². The third-order valence-corrected chi connectivity index (χ3v) is 6.10. The van der Waals surface area contributed by atoms with Crippen molar-refractivity contribution in [2.45, 2.75) is 25.3 Å². The fourth-order valence-electron chi connectivity index (χ4n) is 4.58. The van der Waals surface area contributed by atoms with Crippen molar-refractivity contribution in [3.05, 3.63) is 60.2 Å². The maximum Gasteiger partial charge on any atom is 0.143 e. The molecule has 0 saturated carbocycles. The van der Waals surface area contributed by atoms with E-state index in [2.05, 4.69) is 21.4 Å². The van der Waals surface area contributed by atoms with Crippen LogP contribution >= 0.6 is 0 Å². The third kappa shape index (κ3) is 3.53. The first-order valence-electron chi connectivity index (χ1n) is 10.6. The zero-order valence-corrected chi connectivity index (χ0v) is 16.8. The van der Waals surface area contributed by atoms with E-state index < -0.39 is 0 Å². The first-order valence-corrected chi connectivity index (χ1v) is 10.6. The molecule has 30 heavy (non-hydrogen) atoms. The smallest absolute Gasteiger partial charge is 0.143 e. The molecule has 152 valence electrons. The summed E-state index contributed by atoms with van der Waals surface area (Å²) >= 11 is 0. The molecular weight excluding hydrogens is 374 g/mol. The SMILES string of the molecule is N#Cc1c(-c2ccc(Oc3ccccc3)cc2)nn2c1NCC[C@@H]2C1CCNCC1. The Labute approximate surface area is 176 Å². The average Bonchev–Trinajstić information content (AvgIpc) is 3.19. The molecule has 2 aromatic carbocycles. The number of hydrogen-bond donors (Lipinski definition) is 2. The Bertz CT molecular complexity index is 1050. The number of benzene rings is 2. The lowest BCUT2D eigenvalue weighted by molar-refractivity contribution is 0.231. The van der Waals surface area contributed by atoms with E-state index in [-0.39, 0.29) is 0 Å². The molecule has 6 heteroatoms. The predicted molar refractivity (Wildman–Crippen MR) is 117 cm³/mol. The molecule has 0 amide bonds. The van der Waals surface area contributed by atoms with Gasteiger partial charge in [-0.05, 0) is 74.7 Å². The number of anilines is 1. The molecule has 0 bridgehead atoms. The summed E-state index contributed by atoms with van der Waals surface area (Å²) in [6.45, 7) is 3.01. The lowest BCUT2D eigenvalue weighted by atomic mass is 9.87. The molecule has 1 aromatic heterocycles. The van der Waals surface area contributed by atoms with Gasteiger partial charge in [0.2, 0.25) is 0 Å². The first kappa shape index (κ1) is 18.7. The van der Waals surface area contributed by atoms with E-state index in [0.717, 1.165) is 67.5 Å². The van der Waals surface area contributed by atoms with Crippen molar-refractivity contribution < 1.29 is 4.74 Å². The van der Waals surface area contributed by atoms with Crippen LogP contribution in [0.2, 0.25) is 0 Å². The molecule has 0 spiro atoms. The number of nitriles is 1. The Balaban J connectivity index is 1.45. The highest BCUT2D eigenvalue weighted by Gasteiger charge is 2.32. The largest absolute Gasteiger partial charge is 0.457 e. The van der Waals surface area contributed by atoms with E-state index in [9.17, 15) is 5.26 Å². The van der Waals surface area contributed by atoms with Crippen LogP contribution < -0.4 is 15.4 Å². The normalized spacial score (nSPS) is 18.8. The van der Waals surface area contributed by atoms with Gasteiger partial charge in [0, 0.05) is 12.1 Å². The highest BCUT2D eigenvalue weighted by molar-refractivity contribution is 5.74. The molecule has 0 aliphatic carbocycles. The van der Waals surface area contributed by atoms with E-state index in [1.165, 1.54) is 0 Å².